The Morgan fingerprint density at radius 1 is 1.58 bits per heavy atom. The summed E-state index contributed by atoms with van der Waals surface area (Å²) in [6.07, 6.45) is 1.59. The third-order valence-electron chi connectivity index (χ3n) is 3.66. The van der Waals surface area contributed by atoms with Crippen molar-refractivity contribution in [3.05, 3.63) is 21.9 Å². The maximum absolute atomic E-state index is 12.5. The van der Waals surface area contributed by atoms with Gasteiger partial charge in [-0.25, -0.2) is 9.18 Å². The molecule has 0 aliphatic heterocycles. The number of imidazole rings is 1. The van der Waals surface area contributed by atoms with Gasteiger partial charge in [0.2, 0.25) is 5.91 Å². The summed E-state index contributed by atoms with van der Waals surface area (Å²) in [4.78, 5) is 26.0. The molecule has 106 valence electrons. The zero-order chi connectivity index (χ0) is 14.0. The van der Waals surface area contributed by atoms with E-state index in [4.69, 9.17) is 10.5 Å². The lowest BCUT2D eigenvalue weighted by Crippen LogP contribution is -2.23. The fraction of sp³-hybridized carbons (Fsp3) is 0.667. The molecule has 1 aromatic heterocycles. The van der Waals surface area contributed by atoms with Crippen LogP contribution in [0.25, 0.3) is 0 Å². The van der Waals surface area contributed by atoms with Gasteiger partial charge >= 0.3 is 5.69 Å². The van der Waals surface area contributed by atoms with E-state index in [2.05, 4.69) is 4.98 Å². The summed E-state index contributed by atoms with van der Waals surface area (Å²) >= 11 is 0. The molecule has 2 atom stereocenters. The summed E-state index contributed by atoms with van der Waals surface area (Å²) in [5, 5.41) is 0. The van der Waals surface area contributed by atoms with Crippen molar-refractivity contribution in [1.82, 2.24) is 9.55 Å². The highest BCUT2D eigenvalue weighted by atomic mass is 19.1. The van der Waals surface area contributed by atoms with Crippen molar-refractivity contribution >= 4 is 5.91 Å². The fourth-order valence-corrected chi connectivity index (χ4v) is 2.65. The Hall–Kier alpha value is -1.63. The van der Waals surface area contributed by atoms with Crippen LogP contribution in [-0.4, -0.2) is 35.3 Å². The Labute approximate surface area is 109 Å². The number of amides is 1. The number of hydrogen-bond acceptors (Lipinski definition) is 3. The number of fused-ring (bicyclic) bond motifs is 1. The van der Waals surface area contributed by atoms with E-state index in [1.54, 1.807) is 7.11 Å². The van der Waals surface area contributed by atoms with Crippen molar-refractivity contribution in [3.63, 3.8) is 0 Å². The largest absolute Gasteiger partial charge is 0.381 e. The molecule has 1 amide bonds. The van der Waals surface area contributed by atoms with Gasteiger partial charge in [0.15, 0.2) is 0 Å². The number of ether oxygens (including phenoxy) is 1. The molecule has 1 unspecified atom stereocenters. The predicted octanol–water partition coefficient (Wildman–Crippen LogP) is 0.0661. The number of alkyl halides is 1. The van der Waals surface area contributed by atoms with Gasteiger partial charge in [-0.05, 0) is 12.8 Å². The smallest absolute Gasteiger partial charge is 0.326 e. The van der Waals surface area contributed by atoms with Crippen LogP contribution in [0.5, 0.6) is 0 Å². The van der Waals surface area contributed by atoms with Crippen molar-refractivity contribution in [2.75, 3.05) is 13.8 Å². The first kappa shape index (κ1) is 13.8. The Morgan fingerprint density at radius 2 is 2.32 bits per heavy atom. The average Bonchev–Trinajstić information content (AvgIpc) is 2.58. The van der Waals surface area contributed by atoms with E-state index in [0.29, 0.717) is 30.7 Å². The number of rotatable bonds is 4. The molecular weight excluding hydrogens is 253 g/mol. The second-order valence-corrected chi connectivity index (χ2v) is 4.73. The maximum Gasteiger partial charge on any atom is 0.326 e. The molecule has 1 aliphatic carbocycles. The van der Waals surface area contributed by atoms with Crippen LogP contribution in [0.2, 0.25) is 0 Å². The minimum atomic E-state index is -0.636. The normalized spacial score (nSPS) is 22.8. The van der Waals surface area contributed by atoms with Crippen molar-refractivity contribution in [2.24, 2.45) is 5.73 Å². The van der Waals surface area contributed by atoms with Gasteiger partial charge in [-0.15, -0.1) is 0 Å². The van der Waals surface area contributed by atoms with Gasteiger partial charge in [-0.2, -0.15) is 0 Å². The number of nitrogens with one attached hydrogen (secondary N) is 1. The number of halogens is 1. The highest BCUT2D eigenvalue weighted by Gasteiger charge is 2.31. The summed E-state index contributed by atoms with van der Waals surface area (Å²) in [7, 11) is 1.58. The molecule has 0 aromatic carbocycles. The highest BCUT2D eigenvalue weighted by Crippen LogP contribution is 2.29. The average molecular weight is 271 g/mol. The third kappa shape index (κ3) is 2.56. The summed E-state index contributed by atoms with van der Waals surface area (Å²) in [5.41, 5.74) is 6.14. The Morgan fingerprint density at radius 3 is 2.89 bits per heavy atom. The van der Waals surface area contributed by atoms with Gasteiger partial charge in [-0.1, -0.05) is 0 Å². The van der Waals surface area contributed by atoms with Gasteiger partial charge in [0.05, 0.1) is 24.3 Å². The molecule has 2 rings (SSSR count). The predicted molar refractivity (Wildman–Crippen MR) is 66.7 cm³/mol. The number of hydrogen-bond donors (Lipinski definition) is 2. The number of aromatic amines is 1. The molecule has 0 fully saturated rings. The van der Waals surface area contributed by atoms with Gasteiger partial charge in [0.25, 0.3) is 0 Å². The van der Waals surface area contributed by atoms with E-state index in [0.717, 1.165) is 0 Å². The molecule has 0 saturated heterocycles. The monoisotopic (exact) mass is 271 g/mol. The molecule has 0 saturated carbocycles. The number of carbonyl (C=O) groups excluding carboxylic acids is 1. The zero-order valence-corrected chi connectivity index (χ0v) is 10.8. The number of primary amides is 1. The summed E-state index contributed by atoms with van der Waals surface area (Å²) in [6, 6.07) is 0. The Balaban J connectivity index is 2.49. The van der Waals surface area contributed by atoms with Crippen LogP contribution in [0.4, 0.5) is 4.39 Å². The molecule has 6 nitrogen and oxygen atoms in total. The van der Waals surface area contributed by atoms with Crippen LogP contribution < -0.4 is 11.4 Å². The lowest BCUT2D eigenvalue weighted by atomic mass is 9.99. The third-order valence-corrected chi connectivity index (χ3v) is 3.66. The first-order valence-electron chi connectivity index (χ1n) is 6.28. The summed E-state index contributed by atoms with van der Waals surface area (Å²) in [5.74, 6) is -1.02. The second-order valence-electron chi connectivity index (χ2n) is 4.73. The number of nitrogens with two attached hydrogens (primary N) is 1. The molecule has 1 aromatic rings. The van der Waals surface area contributed by atoms with E-state index in [9.17, 15) is 14.0 Å². The molecule has 1 aliphatic rings. The van der Waals surface area contributed by atoms with Gasteiger partial charge in [0, 0.05) is 19.2 Å². The number of aromatic nitrogens is 2. The van der Waals surface area contributed by atoms with Crippen LogP contribution in [0, 0.1) is 0 Å². The van der Waals surface area contributed by atoms with Crippen molar-refractivity contribution in [2.45, 2.75) is 37.8 Å². The van der Waals surface area contributed by atoms with E-state index < -0.39 is 24.2 Å². The minimum absolute atomic E-state index is 0.0212. The number of methoxy groups -OCH3 is 1. The first-order chi connectivity index (χ1) is 9.08. The van der Waals surface area contributed by atoms with Crippen molar-refractivity contribution in [1.29, 1.82) is 0 Å². The topological polar surface area (TPSA) is 90.1 Å². The summed E-state index contributed by atoms with van der Waals surface area (Å²) in [6.45, 7) is -0.657. The van der Waals surface area contributed by atoms with E-state index in [1.807, 2.05) is 0 Å². The molecule has 0 bridgehead atoms. The molecular formula is C12H18FN3O3. The standard InChI is InChI=1S/C12H18FN3O3/c1-19-7-2-3-8(11(14)17)10-9(6-7)16(5-4-13)12(18)15-10/h7-8H,2-6H2,1H3,(H2,14,17)(H,15,18)/t7?,8-/m0/s1. The molecule has 7 heteroatoms. The lowest BCUT2D eigenvalue weighted by Gasteiger charge is -2.13. The maximum atomic E-state index is 12.5. The molecule has 1 heterocycles. The van der Waals surface area contributed by atoms with Crippen LogP contribution in [-0.2, 0) is 22.5 Å². The van der Waals surface area contributed by atoms with E-state index in [1.165, 1.54) is 4.57 Å². The number of H-pyrrole nitrogens is 1. The SMILES string of the molecule is COC1CC[C@H](C(N)=O)c2[nH]c(=O)n(CCF)c2C1. The van der Waals surface area contributed by atoms with Crippen molar-refractivity contribution < 1.29 is 13.9 Å². The van der Waals surface area contributed by atoms with Gasteiger partial charge < -0.3 is 15.5 Å². The minimum Gasteiger partial charge on any atom is -0.381 e. The molecule has 0 radical (unpaired) electrons. The number of carbonyl (C=O) groups is 1. The lowest BCUT2D eigenvalue weighted by molar-refractivity contribution is -0.119. The second kappa shape index (κ2) is 5.56. The fourth-order valence-electron chi connectivity index (χ4n) is 2.65. The quantitative estimate of drug-likeness (QED) is 0.759. The van der Waals surface area contributed by atoms with Gasteiger partial charge in [0.1, 0.15) is 6.67 Å². The molecule has 0 spiro atoms. The molecule has 3 N–H and O–H groups in total. The van der Waals surface area contributed by atoms with Crippen molar-refractivity contribution in [3.8, 4) is 0 Å². The summed E-state index contributed by atoms with van der Waals surface area (Å²) < 4.78 is 19.2. The first-order valence-corrected chi connectivity index (χ1v) is 6.28. The van der Waals surface area contributed by atoms with Crippen LogP contribution in [0.1, 0.15) is 30.1 Å². The van der Waals surface area contributed by atoms with Gasteiger partial charge in [-0.3, -0.25) is 9.36 Å². The van der Waals surface area contributed by atoms with E-state index >= 15 is 0 Å². The van der Waals surface area contributed by atoms with Crippen LogP contribution in [0.15, 0.2) is 4.79 Å². The van der Waals surface area contributed by atoms with E-state index in [-0.39, 0.29) is 12.6 Å². The van der Waals surface area contributed by atoms with Crippen LogP contribution >= 0.6 is 0 Å². The Kier molecular flexibility index (Phi) is 4.04. The highest BCUT2D eigenvalue weighted by molar-refractivity contribution is 5.81. The Bertz CT molecular complexity index is 523. The zero-order valence-electron chi connectivity index (χ0n) is 10.8. The number of nitrogens with zero attached hydrogens (tertiary/aromatic N) is 1. The molecule has 19 heavy (non-hydrogen) atoms. The van der Waals surface area contributed by atoms with Crippen LogP contribution in [0.3, 0.4) is 0 Å².